The first-order valence-electron chi connectivity index (χ1n) is 11.1. The lowest BCUT2D eigenvalue weighted by Crippen LogP contribution is -2.58. The minimum Gasteiger partial charge on any atom is -0.461 e. The lowest BCUT2D eigenvalue weighted by molar-refractivity contribution is -0.177. The number of cyclic esters (lactones) is 1. The molecule has 0 radical (unpaired) electrons. The van der Waals surface area contributed by atoms with Gasteiger partial charge in [0, 0.05) is 35.1 Å². The Kier molecular flexibility index (Phi) is 5.76. The van der Waals surface area contributed by atoms with E-state index in [1.54, 1.807) is 37.3 Å². The van der Waals surface area contributed by atoms with E-state index in [4.69, 9.17) is 10.5 Å². The van der Waals surface area contributed by atoms with Crippen LogP contribution >= 0.6 is 0 Å². The molecule has 8 heteroatoms. The zero-order valence-corrected chi connectivity index (χ0v) is 19.1. The van der Waals surface area contributed by atoms with Crippen LogP contribution in [-0.2, 0) is 14.3 Å². The summed E-state index contributed by atoms with van der Waals surface area (Å²) < 4.78 is 35.3. The largest absolute Gasteiger partial charge is 0.461 e. The maximum Gasteiger partial charge on any atom is 0.322 e. The van der Waals surface area contributed by atoms with Gasteiger partial charge in [-0.05, 0) is 38.0 Å². The van der Waals surface area contributed by atoms with Crippen molar-refractivity contribution in [2.75, 3.05) is 0 Å². The van der Waals surface area contributed by atoms with E-state index in [1.807, 2.05) is 25.1 Å². The molecule has 4 unspecified atom stereocenters. The van der Waals surface area contributed by atoms with E-state index in [0.29, 0.717) is 17.0 Å². The number of hydrogen-bond acceptors (Lipinski definition) is 5. The molecule has 1 saturated heterocycles. The number of nitrogens with two attached hydrogens (primary N) is 1. The molecule has 0 bridgehead atoms. The summed E-state index contributed by atoms with van der Waals surface area (Å²) in [5.41, 5.74) is 6.73. The number of amides is 1. The van der Waals surface area contributed by atoms with Crippen LogP contribution < -0.4 is 5.73 Å². The molecular weight excluding hydrogens is 440 g/mol. The molecule has 2 aliphatic rings. The molecule has 2 fully saturated rings. The number of aryl methyl sites for hydroxylation is 1. The normalized spacial score (nSPS) is 29.9. The Morgan fingerprint density at radius 3 is 2.59 bits per heavy atom. The number of nitrogens with zero attached hydrogens (tertiary/aromatic N) is 2. The lowest BCUT2D eigenvalue weighted by Gasteiger charge is -2.46. The van der Waals surface area contributed by atoms with E-state index in [-0.39, 0.29) is 0 Å². The third-order valence-electron chi connectivity index (χ3n) is 7.28. The molecule has 1 saturated carbocycles. The van der Waals surface area contributed by atoms with Crippen molar-refractivity contribution in [1.82, 2.24) is 4.98 Å². The minimum atomic E-state index is -3.28. The highest BCUT2D eigenvalue weighted by Gasteiger charge is 2.70. The summed E-state index contributed by atoms with van der Waals surface area (Å²) in [5.74, 6) is -8.10. The molecule has 1 aromatic carbocycles. The summed E-state index contributed by atoms with van der Waals surface area (Å²) >= 11 is 0. The van der Waals surface area contributed by atoms with Crippen molar-refractivity contribution in [3.05, 3.63) is 59.4 Å². The number of aromatic nitrogens is 1. The molecule has 1 aliphatic carbocycles. The van der Waals surface area contributed by atoms with Crippen molar-refractivity contribution in [2.45, 2.75) is 39.2 Å². The van der Waals surface area contributed by atoms with Gasteiger partial charge in [-0.3, -0.25) is 14.6 Å². The molecule has 5 atom stereocenters. The average molecular weight is 466 g/mol. The van der Waals surface area contributed by atoms with Crippen molar-refractivity contribution < 1.29 is 23.1 Å². The van der Waals surface area contributed by atoms with Gasteiger partial charge in [0.25, 0.3) is 5.92 Å². The third-order valence-corrected chi connectivity index (χ3v) is 7.28. The van der Waals surface area contributed by atoms with Crippen LogP contribution in [0.15, 0.2) is 42.5 Å². The molecule has 0 spiro atoms. The summed E-state index contributed by atoms with van der Waals surface area (Å²) in [6.45, 7) is 4.83. The molecule has 1 amide bonds. The Hall–Kier alpha value is -3.60. The Bertz CT molecular complexity index is 1240. The Balaban J connectivity index is 1.71. The van der Waals surface area contributed by atoms with Gasteiger partial charge >= 0.3 is 5.97 Å². The number of primary amides is 1. The van der Waals surface area contributed by atoms with Gasteiger partial charge in [-0.2, -0.15) is 5.26 Å². The standard InChI is InChI=1S/C26H25F2N3O3/c1-14-19(22-16(3)34-24(33)25(22,23(30)32)13-26(14,27)28)10-8-18-9-11-20(15(2)31-18)21-7-5-4-6-17(21)12-29/h4-11,14,16,19,22H,13H2,1-3H3,(H2,30,32)/t14?,16?,19?,22-,25?/m0/s1. The maximum atomic E-state index is 15.0. The number of hydrogen-bond donors (Lipinski definition) is 1. The fourth-order valence-corrected chi connectivity index (χ4v) is 5.46. The SMILES string of the molecule is Cc1nc(C=CC2C(C)C(F)(F)CC3(C(N)=O)C(=O)OC(C)[C@@H]23)ccc1-c1ccccc1C#N. The molecule has 2 heterocycles. The van der Waals surface area contributed by atoms with Crippen LogP contribution in [0.3, 0.4) is 0 Å². The van der Waals surface area contributed by atoms with E-state index < -0.39 is 53.5 Å². The fraction of sp³-hybridized carbons (Fsp3) is 0.385. The summed E-state index contributed by atoms with van der Waals surface area (Å²) in [6, 6.07) is 12.9. The number of carbonyl (C=O) groups is 2. The highest BCUT2D eigenvalue weighted by atomic mass is 19.3. The van der Waals surface area contributed by atoms with Gasteiger partial charge in [-0.1, -0.05) is 37.3 Å². The molecule has 2 aromatic rings. The van der Waals surface area contributed by atoms with Crippen LogP contribution in [0, 0.1) is 41.4 Å². The van der Waals surface area contributed by atoms with Crippen molar-refractivity contribution in [3.63, 3.8) is 0 Å². The van der Waals surface area contributed by atoms with Crippen LogP contribution in [-0.4, -0.2) is 28.9 Å². The van der Waals surface area contributed by atoms with Crippen molar-refractivity contribution in [2.24, 2.45) is 28.9 Å². The zero-order chi connectivity index (χ0) is 24.8. The van der Waals surface area contributed by atoms with E-state index in [1.165, 1.54) is 6.92 Å². The van der Waals surface area contributed by atoms with Crippen LogP contribution in [0.4, 0.5) is 8.78 Å². The number of pyridine rings is 1. The Labute approximate surface area is 196 Å². The summed E-state index contributed by atoms with van der Waals surface area (Å²) in [7, 11) is 0. The summed E-state index contributed by atoms with van der Waals surface area (Å²) in [6.07, 6.45) is 1.53. The number of fused-ring (bicyclic) bond motifs is 1. The van der Waals surface area contributed by atoms with Gasteiger partial charge in [0.2, 0.25) is 5.91 Å². The molecule has 34 heavy (non-hydrogen) atoms. The third kappa shape index (κ3) is 3.56. The Morgan fingerprint density at radius 1 is 1.24 bits per heavy atom. The van der Waals surface area contributed by atoms with Crippen molar-refractivity contribution in [1.29, 1.82) is 5.26 Å². The van der Waals surface area contributed by atoms with Crippen molar-refractivity contribution >= 4 is 18.0 Å². The molecule has 4 rings (SSSR count). The number of alkyl halides is 2. The second-order valence-corrected chi connectivity index (χ2v) is 9.16. The smallest absolute Gasteiger partial charge is 0.322 e. The first kappa shape index (κ1) is 23.6. The fourth-order valence-electron chi connectivity index (χ4n) is 5.46. The zero-order valence-electron chi connectivity index (χ0n) is 19.1. The second kappa shape index (κ2) is 8.32. The first-order valence-corrected chi connectivity index (χ1v) is 11.1. The van der Waals surface area contributed by atoms with Gasteiger partial charge in [0.15, 0.2) is 5.41 Å². The first-order chi connectivity index (χ1) is 16.0. The van der Waals surface area contributed by atoms with Gasteiger partial charge in [-0.25, -0.2) is 8.78 Å². The number of esters is 1. The maximum absolute atomic E-state index is 15.0. The number of ether oxygens (including phenoxy) is 1. The highest BCUT2D eigenvalue weighted by molar-refractivity contribution is 6.04. The lowest BCUT2D eigenvalue weighted by atomic mass is 9.56. The van der Waals surface area contributed by atoms with Crippen LogP contribution in [0.2, 0.25) is 0 Å². The van der Waals surface area contributed by atoms with E-state index >= 15 is 8.78 Å². The molecule has 1 aliphatic heterocycles. The Morgan fingerprint density at radius 2 is 1.94 bits per heavy atom. The predicted octanol–water partition coefficient (Wildman–Crippen LogP) is 4.27. The number of nitriles is 1. The van der Waals surface area contributed by atoms with Crippen LogP contribution in [0.5, 0.6) is 0 Å². The second-order valence-electron chi connectivity index (χ2n) is 9.16. The number of carbonyl (C=O) groups excluding carboxylic acids is 2. The van der Waals surface area contributed by atoms with Crippen molar-refractivity contribution in [3.8, 4) is 17.2 Å². The molecule has 2 N–H and O–H groups in total. The molecule has 1 aromatic heterocycles. The summed E-state index contributed by atoms with van der Waals surface area (Å²) in [5, 5.41) is 9.39. The highest BCUT2D eigenvalue weighted by Crippen LogP contribution is 2.59. The monoisotopic (exact) mass is 465 g/mol. The van der Waals surface area contributed by atoms with E-state index in [2.05, 4.69) is 11.1 Å². The topological polar surface area (TPSA) is 106 Å². The minimum absolute atomic E-state index is 0.525. The average Bonchev–Trinajstić information content (AvgIpc) is 3.04. The quantitative estimate of drug-likeness (QED) is 0.536. The number of rotatable bonds is 4. The van der Waals surface area contributed by atoms with Gasteiger partial charge in [0.1, 0.15) is 6.10 Å². The van der Waals surface area contributed by atoms with Gasteiger partial charge in [0.05, 0.1) is 17.3 Å². The van der Waals surface area contributed by atoms with E-state index in [0.717, 1.165) is 11.1 Å². The number of halogens is 2. The summed E-state index contributed by atoms with van der Waals surface area (Å²) in [4.78, 5) is 29.4. The molecular formula is C26H25F2N3O3. The number of benzene rings is 1. The molecule has 6 nitrogen and oxygen atoms in total. The van der Waals surface area contributed by atoms with Gasteiger partial charge in [-0.15, -0.1) is 0 Å². The van der Waals surface area contributed by atoms with Gasteiger partial charge < -0.3 is 10.5 Å². The van der Waals surface area contributed by atoms with Crippen LogP contribution in [0.1, 0.15) is 37.2 Å². The predicted molar refractivity (Wildman–Crippen MR) is 121 cm³/mol. The molecule has 176 valence electrons. The van der Waals surface area contributed by atoms with E-state index in [9.17, 15) is 14.9 Å². The number of allylic oxidation sites excluding steroid dienone is 1. The van der Waals surface area contributed by atoms with Crippen LogP contribution in [0.25, 0.3) is 17.2 Å².